The molecular weight excluding hydrogens is 411 g/mol. The van der Waals surface area contributed by atoms with Crippen LogP contribution in [0.5, 0.6) is 0 Å². The van der Waals surface area contributed by atoms with Crippen LogP contribution >= 0.6 is 39.1 Å². The fraction of sp³-hybridized carbons (Fsp3) is 0.214. The van der Waals surface area contributed by atoms with Gasteiger partial charge in [0.05, 0.1) is 17.2 Å². The second-order valence-electron chi connectivity index (χ2n) is 4.31. The van der Waals surface area contributed by atoms with Gasteiger partial charge in [-0.05, 0) is 12.1 Å². The number of rotatable bonds is 5. The molecule has 0 unspecified atom stereocenters. The molecule has 1 heterocycles. The average molecular weight is 422 g/mol. The minimum absolute atomic E-state index is 0.0505. The number of hydrogen-bond acceptors (Lipinski definition) is 5. The molecule has 1 aromatic heterocycles. The van der Waals surface area contributed by atoms with E-state index in [9.17, 15) is 9.59 Å². The summed E-state index contributed by atoms with van der Waals surface area (Å²) in [5, 5.41) is 7.32. The van der Waals surface area contributed by atoms with Gasteiger partial charge in [0.15, 0.2) is 5.56 Å². The lowest BCUT2D eigenvalue weighted by Crippen LogP contribution is -2.14. The molecule has 0 fully saturated rings. The maximum absolute atomic E-state index is 12.1. The van der Waals surface area contributed by atoms with Crippen LogP contribution in [0.4, 0.5) is 5.88 Å². The second kappa shape index (κ2) is 7.81. The highest BCUT2D eigenvalue weighted by Crippen LogP contribution is 2.38. The molecule has 2 rings (SSSR count). The van der Waals surface area contributed by atoms with Gasteiger partial charge in [-0.25, -0.2) is 4.79 Å². The Morgan fingerprint density at radius 3 is 2.57 bits per heavy atom. The third-order valence-electron chi connectivity index (χ3n) is 2.86. The third-order valence-corrected chi connectivity index (χ3v) is 3.88. The molecule has 6 nitrogen and oxygen atoms in total. The van der Waals surface area contributed by atoms with Gasteiger partial charge in [0.2, 0.25) is 11.8 Å². The van der Waals surface area contributed by atoms with Gasteiger partial charge in [-0.2, -0.15) is 0 Å². The molecule has 0 saturated heterocycles. The number of alkyl halides is 1. The number of nitrogens with one attached hydrogen (secondary N) is 1. The highest BCUT2D eigenvalue weighted by molar-refractivity contribution is 9.09. The standard InChI is InChI=1S/C14H11BrCl2N2O4/c1-22-14(21)11-12(10-7(16)3-2-4-8(10)17)19-23-13(11)18-9(20)5-6-15/h2-4H,5-6H2,1H3,(H,18,20). The topological polar surface area (TPSA) is 81.4 Å². The number of amides is 1. The molecule has 0 aliphatic carbocycles. The van der Waals surface area contributed by atoms with Crippen LogP contribution in [0.1, 0.15) is 16.8 Å². The molecular formula is C14H11BrCl2N2O4. The van der Waals surface area contributed by atoms with Crippen LogP contribution in [0.25, 0.3) is 11.3 Å². The van der Waals surface area contributed by atoms with Crippen molar-refractivity contribution >= 4 is 56.9 Å². The van der Waals surface area contributed by atoms with Crippen LogP contribution in [0.2, 0.25) is 10.0 Å². The van der Waals surface area contributed by atoms with Crippen LogP contribution in [0, 0.1) is 0 Å². The molecule has 1 aromatic carbocycles. The molecule has 0 spiro atoms. The van der Waals surface area contributed by atoms with E-state index in [0.29, 0.717) is 10.9 Å². The van der Waals surface area contributed by atoms with Crippen LogP contribution in [0.3, 0.4) is 0 Å². The number of hydrogen-bond donors (Lipinski definition) is 1. The first-order valence-electron chi connectivity index (χ1n) is 6.37. The predicted molar refractivity (Wildman–Crippen MR) is 90.3 cm³/mol. The van der Waals surface area contributed by atoms with E-state index in [1.165, 1.54) is 7.11 Å². The summed E-state index contributed by atoms with van der Waals surface area (Å²) in [7, 11) is 1.21. The van der Waals surface area contributed by atoms with Gasteiger partial charge in [0.25, 0.3) is 0 Å². The zero-order valence-corrected chi connectivity index (χ0v) is 15.0. The first-order chi connectivity index (χ1) is 11.0. The second-order valence-corrected chi connectivity index (χ2v) is 5.92. The normalized spacial score (nSPS) is 10.4. The first-order valence-corrected chi connectivity index (χ1v) is 8.25. The lowest BCUT2D eigenvalue weighted by molar-refractivity contribution is -0.115. The lowest BCUT2D eigenvalue weighted by Gasteiger charge is -2.06. The molecule has 1 N–H and O–H groups in total. The summed E-state index contributed by atoms with van der Waals surface area (Å²) in [5.74, 6) is -1.19. The maximum atomic E-state index is 12.1. The van der Waals surface area contributed by atoms with Gasteiger partial charge >= 0.3 is 5.97 Å². The predicted octanol–water partition coefficient (Wildman–Crippen LogP) is 4.16. The quantitative estimate of drug-likeness (QED) is 0.579. The third kappa shape index (κ3) is 3.85. The molecule has 0 saturated carbocycles. The van der Waals surface area contributed by atoms with Crippen LogP contribution < -0.4 is 5.32 Å². The Kier molecular flexibility index (Phi) is 6.04. The van der Waals surface area contributed by atoms with Gasteiger partial charge < -0.3 is 9.26 Å². The molecule has 2 aromatic rings. The molecule has 23 heavy (non-hydrogen) atoms. The summed E-state index contributed by atoms with van der Waals surface area (Å²) in [6.07, 6.45) is 0.198. The monoisotopic (exact) mass is 420 g/mol. The molecule has 9 heteroatoms. The molecule has 0 radical (unpaired) electrons. The SMILES string of the molecule is COC(=O)c1c(-c2c(Cl)cccc2Cl)noc1NC(=O)CCBr. The Morgan fingerprint density at radius 1 is 1.35 bits per heavy atom. The van der Waals surface area contributed by atoms with E-state index < -0.39 is 5.97 Å². The number of aromatic nitrogens is 1. The van der Waals surface area contributed by atoms with E-state index >= 15 is 0 Å². The Hall–Kier alpha value is -1.57. The van der Waals surface area contributed by atoms with Crippen LogP contribution in [0.15, 0.2) is 22.7 Å². The van der Waals surface area contributed by atoms with Gasteiger partial charge in [-0.3, -0.25) is 10.1 Å². The van der Waals surface area contributed by atoms with Crippen LogP contribution in [-0.2, 0) is 9.53 Å². The fourth-order valence-electron chi connectivity index (χ4n) is 1.84. The number of carbonyl (C=O) groups is 2. The number of methoxy groups -OCH3 is 1. The summed E-state index contributed by atoms with van der Waals surface area (Å²) >= 11 is 15.4. The average Bonchev–Trinajstić information content (AvgIpc) is 2.90. The Morgan fingerprint density at radius 2 is 2.00 bits per heavy atom. The first kappa shape index (κ1) is 17.8. The van der Waals surface area contributed by atoms with Crippen molar-refractivity contribution < 1.29 is 18.8 Å². The van der Waals surface area contributed by atoms with E-state index in [2.05, 4.69) is 26.4 Å². The van der Waals surface area contributed by atoms with E-state index in [1.807, 2.05) is 0 Å². The smallest absolute Gasteiger partial charge is 0.345 e. The lowest BCUT2D eigenvalue weighted by atomic mass is 10.1. The van der Waals surface area contributed by atoms with Crippen molar-refractivity contribution in [2.75, 3.05) is 17.8 Å². The maximum Gasteiger partial charge on any atom is 0.345 e. The Bertz CT molecular complexity index is 728. The van der Waals surface area contributed by atoms with Crippen molar-refractivity contribution in [1.29, 1.82) is 0 Å². The van der Waals surface area contributed by atoms with E-state index in [0.717, 1.165) is 0 Å². The Balaban J connectivity index is 2.55. The summed E-state index contributed by atoms with van der Waals surface area (Å²) in [5.41, 5.74) is 0.369. The van der Waals surface area contributed by atoms with Gasteiger partial charge in [0.1, 0.15) is 5.69 Å². The summed E-state index contributed by atoms with van der Waals surface area (Å²) in [4.78, 5) is 23.8. The van der Waals surface area contributed by atoms with E-state index in [1.54, 1.807) is 18.2 Å². The zero-order valence-electron chi connectivity index (χ0n) is 11.9. The molecule has 0 aliphatic heterocycles. The van der Waals surface area contributed by atoms with Crippen LogP contribution in [-0.4, -0.2) is 29.5 Å². The molecule has 0 aliphatic rings. The van der Waals surface area contributed by atoms with Gasteiger partial charge in [0, 0.05) is 17.3 Å². The highest BCUT2D eigenvalue weighted by Gasteiger charge is 2.28. The number of carbonyl (C=O) groups excluding carboxylic acids is 2. The number of ether oxygens (including phenoxy) is 1. The summed E-state index contributed by atoms with van der Waals surface area (Å²) < 4.78 is 9.82. The minimum Gasteiger partial charge on any atom is -0.465 e. The fourth-order valence-corrected chi connectivity index (χ4v) is 2.77. The molecule has 0 atom stereocenters. The number of benzene rings is 1. The molecule has 0 bridgehead atoms. The minimum atomic E-state index is -0.730. The van der Waals surface area contributed by atoms with E-state index in [4.69, 9.17) is 32.5 Å². The van der Waals surface area contributed by atoms with Crippen molar-refractivity contribution in [3.05, 3.63) is 33.8 Å². The number of esters is 1. The molecule has 122 valence electrons. The van der Waals surface area contributed by atoms with Gasteiger partial charge in [-0.15, -0.1) is 0 Å². The number of halogens is 3. The Labute approximate surface area is 150 Å². The molecule has 1 amide bonds. The number of nitrogens with zero attached hydrogens (tertiary/aromatic N) is 1. The summed E-state index contributed by atoms with van der Waals surface area (Å²) in [6, 6.07) is 4.86. The number of anilines is 1. The largest absolute Gasteiger partial charge is 0.465 e. The van der Waals surface area contributed by atoms with Crippen molar-refractivity contribution in [3.8, 4) is 11.3 Å². The van der Waals surface area contributed by atoms with Crippen molar-refractivity contribution in [2.45, 2.75) is 6.42 Å². The van der Waals surface area contributed by atoms with E-state index in [-0.39, 0.29) is 39.5 Å². The van der Waals surface area contributed by atoms with Gasteiger partial charge in [-0.1, -0.05) is 50.4 Å². The summed E-state index contributed by atoms with van der Waals surface area (Å²) in [6.45, 7) is 0. The zero-order chi connectivity index (χ0) is 17.0. The highest BCUT2D eigenvalue weighted by atomic mass is 79.9. The van der Waals surface area contributed by atoms with Crippen molar-refractivity contribution in [1.82, 2.24) is 5.16 Å². The van der Waals surface area contributed by atoms with Crippen molar-refractivity contribution in [3.63, 3.8) is 0 Å². The van der Waals surface area contributed by atoms with Crippen molar-refractivity contribution in [2.24, 2.45) is 0 Å².